The quantitative estimate of drug-likeness (QED) is 0.776. The highest BCUT2D eigenvalue weighted by Gasteiger charge is 2.36. The third kappa shape index (κ3) is 2.16. The van der Waals surface area contributed by atoms with Crippen molar-refractivity contribution in [2.45, 2.75) is 51.7 Å². The van der Waals surface area contributed by atoms with Gasteiger partial charge in [-0.05, 0) is 43.4 Å². The summed E-state index contributed by atoms with van der Waals surface area (Å²) in [6, 6.07) is 2.14. The molecule has 0 spiro atoms. The molecule has 1 aromatic heterocycles. The molecule has 2 aliphatic heterocycles. The number of hydrogen-bond donors (Lipinski definition) is 0. The van der Waals surface area contributed by atoms with Gasteiger partial charge in [-0.1, -0.05) is 13.5 Å². The number of hydrogen-bond acceptors (Lipinski definition) is 3. The van der Waals surface area contributed by atoms with Gasteiger partial charge in [-0.3, -0.25) is 0 Å². The second kappa shape index (κ2) is 4.97. The van der Waals surface area contributed by atoms with Crippen molar-refractivity contribution < 1.29 is 9.47 Å². The molecule has 2 unspecified atom stereocenters. The van der Waals surface area contributed by atoms with E-state index in [0.717, 1.165) is 37.1 Å². The Morgan fingerprint density at radius 3 is 3.05 bits per heavy atom. The Morgan fingerprint density at radius 1 is 1.47 bits per heavy atom. The molecule has 1 aromatic rings. The van der Waals surface area contributed by atoms with E-state index in [1.165, 1.54) is 11.1 Å². The molecule has 0 saturated carbocycles. The maximum Gasteiger partial charge on any atom is 0.137 e. The molecular weight excluding hydrogens is 238 g/mol. The minimum atomic E-state index is 0.188. The number of aryl methyl sites for hydroxylation is 1. The van der Waals surface area contributed by atoms with Crippen LogP contribution < -0.4 is 0 Å². The van der Waals surface area contributed by atoms with Crippen molar-refractivity contribution in [1.82, 2.24) is 4.98 Å². The summed E-state index contributed by atoms with van der Waals surface area (Å²) in [5.41, 5.74) is 4.78. The third-order valence-corrected chi connectivity index (χ3v) is 4.08. The first kappa shape index (κ1) is 12.7. The van der Waals surface area contributed by atoms with Crippen LogP contribution >= 0.6 is 0 Å². The first-order valence-corrected chi connectivity index (χ1v) is 7.23. The van der Waals surface area contributed by atoms with Crippen molar-refractivity contribution in [3.63, 3.8) is 0 Å². The predicted molar refractivity (Wildman–Crippen MR) is 74.8 cm³/mol. The largest absolute Gasteiger partial charge is 0.492 e. The topological polar surface area (TPSA) is 31.4 Å². The first-order chi connectivity index (χ1) is 9.22. The minimum absolute atomic E-state index is 0.188. The standard InChI is InChI=1S/C16H21NO2/c1-4-11-8-14(10(3)18-5-2)17-16-13(11)9-12-6-7-15(16)19-12/h8,12,15H,3-7,9H2,1-2H3. The molecule has 0 amide bonds. The van der Waals surface area contributed by atoms with Crippen molar-refractivity contribution in [3.05, 3.63) is 35.2 Å². The van der Waals surface area contributed by atoms with Crippen LogP contribution in [0.2, 0.25) is 0 Å². The smallest absolute Gasteiger partial charge is 0.137 e. The fourth-order valence-corrected chi connectivity index (χ4v) is 3.14. The summed E-state index contributed by atoms with van der Waals surface area (Å²) in [5.74, 6) is 0.667. The number of ether oxygens (including phenoxy) is 2. The molecule has 1 fully saturated rings. The molecule has 2 aliphatic rings. The van der Waals surface area contributed by atoms with Gasteiger partial charge in [0.25, 0.3) is 0 Å². The number of fused-ring (bicyclic) bond motifs is 4. The third-order valence-electron chi connectivity index (χ3n) is 4.08. The highest BCUT2D eigenvalue weighted by atomic mass is 16.5. The van der Waals surface area contributed by atoms with Crippen molar-refractivity contribution in [2.24, 2.45) is 0 Å². The van der Waals surface area contributed by atoms with Gasteiger partial charge in [0, 0.05) is 6.42 Å². The molecule has 0 radical (unpaired) electrons. The van der Waals surface area contributed by atoms with Crippen LogP contribution in [0.5, 0.6) is 0 Å². The Labute approximate surface area is 114 Å². The molecule has 1 saturated heterocycles. The Balaban J connectivity index is 2.04. The predicted octanol–water partition coefficient (Wildman–Crippen LogP) is 3.43. The Kier molecular flexibility index (Phi) is 3.31. The zero-order chi connectivity index (χ0) is 13.4. The molecular formula is C16H21NO2. The fraction of sp³-hybridized carbons (Fsp3) is 0.562. The molecule has 2 bridgehead atoms. The first-order valence-electron chi connectivity index (χ1n) is 7.23. The maximum atomic E-state index is 5.98. The SMILES string of the molecule is C=C(OCC)c1cc(CC)c2c(n1)C1CCC(C2)O1. The highest BCUT2D eigenvalue weighted by Crippen LogP contribution is 2.41. The van der Waals surface area contributed by atoms with Crippen LogP contribution in [-0.4, -0.2) is 17.7 Å². The molecule has 0 aliphatic carbocycles. The number of aromatic nitrogens is 1. The van der Waals surface area contributed by atoms with Gasteiger partial charge in [0.15, 0.2) is 0 Å². The van der Waals surface area contributed by atoms with Crippen LogP contribution in [0.1, 0.15) is 55.3 Å². The van der Waals surface area contributed by atoms with E-state index in [-0.39, 0.29) is 6.10 Å². The van der Waals surface area contributed by atoms with Gasteiger partial charge in [-0.25, -0.2) is 4.98 Å². The van der Waals surface area contributed by atoms with Gasteiger partial charge in [0.1, 0.15) is 17.6 Å². The zero-order valence-corrected chi connectivity index (χ0v) is 11.7. The van der Waals surface area contributed by atoms with Gasteiger partial charge >= 0.3 is 0 Å². The second-order valence-electron chi connectivity index (χ2n) is 5.27. The molecule has 102 valence electrons. The van der Waals surface area contributed by atoms with E-state index < -0.39 is 0 Å². The van der Waals surface area contributed by atoms with Crippen LogP contribution in [-0.2, 0) is 22.3 Å². The van der Waals surface area contributed by atoms with Crippen molar-refractivity contribution >= 4 is 5.76 Å². The molecule has 0 N–H and O–H groups in total. The number of rotatable bonds is 4. The van der Waals surface area contributed by atoms with E-state index in [1.54, 1.807) is 0 Å². The number of nitrogens with zero attached hydrogens (tertiary/aromatic N) is 1. The Morgan fingerprint density at radius 2 is 2.32 bits per heavy atom. The molecule has 3 rings (SSSR count). The summed E-state index contributed by atoms with van der Waals surface area (Å²) in [7, 11) is 0. The van der Waals surface area contributed by atoms with Gasteiger partial charge in [-0.2, -0.15) is 0 Å². The lowest BCUT2D eigenvalue weighted by molar-refractivity contribution is 0.0291. The molecule has 3 heteroatoms. The summed E-state index contributed by atoms with van der Waals surface area (Å²) < 4.78 is 11.5. The van der Waals surface area contributed by atoms with Crippen molar-refractivity contribution in [1.29, 1.82) is 0 Å². The molecule has 0 aromatic carbocycles. The average Bonchev–Trinajstić information content (AvgIpc) is 2.81. The van der Waals surface area contributed by atoms with E-state index in [0.29, 0.717) is 18.5 Å². The lowest BCUT2D eigenvalue weighted by Crippen LogP contribution is -2.21. The van der Waals surface area contributed by atoms with Crippen LogP contribution in [0.15, 0.2) is 12.6 Å². The van der Waals surface area contributed by atoms with Crippen LogP contribution in [0.3, 0.4) is 0 Å². The molecule has 19 heavy (non-hydrogen) atoms. The minimum Gasteiger partial charge on any atom is -0.492 e. The zero-order valence-electron chi connectivity index (χ0n) is 11.7. The number of pyridine rings is 1. The molecule has 3 nitrogen and oxygen atoms in total. The summed E-state index contributed by atoms with van der Waals surface area (Å²) in [6.45, 7) is 8.76. The summed E-state index contributed by atoms with van der Waals surface area (Å²) in [6.07, 6.45) is 4.89. The molecule has 3 heterocycles. The van der Waals surface area contributed by atoms with Gasteiger partial charge < -0.3 is 9.47 Å². The van der Waals surface area contributed by atoms with Crippen LogP contribution in [0.25, 0.3) is 5.76 Å². The van der Waals surface area contributed by atoms with Crippen molar-refractivity contribution in [3.8, 4) is 0 Å². The monoisotopic (exact) mass is 259 g/mol. The molecule has 2 atom stereocenters. The average molecular weight is 259 g/mol. The van der Waals surface area contributed by atoms with Crippen LogP contribution in [0.4, 0.5) is 0 Å². The van der Waals surface area contributed by atoms with E-state index in [1.807, 2.05) is 6.92 Å². The fourth-order valence-electron chi connectivity index (χ4n) is 3.14. The lowest BCUT2D eigenvalue weighted by atomic mass is 9.95. The summed E-state index contributed by atoms with van der Waals surface area (Å²) >= 11 is 0. The van der Waals surface area contributed by atoms with Gasteiger partial charge in [0.05, 0.1) is 18.4 Å². The van der Waals surface area contributed by atoms with E-state index in [4.69, 9.17) is 14.5 Å². The van der Waals surface area contributed by atoms with Gasteiger partial charge in [-0.15, -0.1) is 0 Å². The Bertz CT molecular complexity index is 510. The normalized spacial score (nSPS) is 24.1. The van der Waals surface area contributed by atoms with Gasteiger partial charge in [0.2, 0.25) is 0 Å². The van der Waals surface area contributed by atoms with E-state index in [9.17, 15) is 0 Å². The van der Waals surface area contributed by atoms with E-state index >= 15 is 0 Å². The lowest BCUT2D eigenvalue weighted by Gasteiger charge is -2.26. The van der Waals surface area contributed by atoms with Crippen molar-refractivity contribution in [2.75, 3.05) is 6.61 Å². The van der Waals surface area contributed by atoms with Crippen LogP contribution in [0, 0.1) is 0 Å². The second-order valence-corrected chi connectivity index (χ2v) is 5.27. The van der Waals surface area contributed by atoms with E-state index in [2.05, 4.69) is 19.6 Å². The summed E-state index contributed by atoms with van der Waals surface area (Å²) in [5, 5.41) is 0. The highest BCUT2D eigenvalue weighted by molar-refractivity contribution is 5.56. The maximum absolute atomic E-state index is 5.98. The Hall–Kier alpha value is -1.35. The summed E-state index contributed by atoms with van der Waals surface area (Å²) in [4.78, 5) is 4.77.